The molecule has 0 aliphatic carbocycles. The fourth-order valence-corrected chi connectivity index (χ4v) is 4.57. The predicted molar refractivity (Wildman–Crippen MR) is 116 cm³/mol. The molecule has 2 aromatic carbocycles. The maximum atomic E-state index is 13.0. The number of aliphatic hydroxyl groups is 1. The van der Waals surface area contributed by atoms with Crippen molar-refractivity contribution in [3.05, 3.63) is 65.7 Å². The Hall–Kier alpha value is -2.09. The van der Waals surface area contributed by atoms with Gasteiger partial charge in [-0.15, -0.1) is 0 Å². The number of anilines is 1. The lowest BCUT2D eigenvalue weighted by Gasteiger charge is -2.40. The summed E-state index contributed by atoms with van der Waals surface area (Å²) in [6, 6.07) is 15.6. The second kappa shape index (κ2) is 9.18. The number of para-hydroxylation sites is 1. The molecule has 0 atom stereocenters. The van der Waals surface area contributed by atoms with E-state index in [1.807, 2.05) is 6.07 Å². The minimum Gasteiger partial charge on any atom is -0.385 e. The second-order valence-electron chi connectivity index (χ2n) is 8.62. The summed E-state index contributed by atoms with van der Waals surface area (Å²) in [6.45, 7) is 7.36. The SMILES string of the molecule is OC1(c2cccc(C(F)(F)F)c2)CCN(CCN2CCN(c3ccccc3)CC2)CC1. The average molecular weight is 434 g/mol. The third-order valence-electron chi connectivity index (χ3n) is 6.64. The molecule has 7 heteroatoms. The quantitative estimate of drug-likeness (QED) is 0.777. The van der Waals surface area contributed by atoms with Crippen LogP contribution < -0.4 is 4.90 Å². The zero-order valence-corrected chi connectivity index (χ0v) is 17.7. The Bertz CT molecular complexity index is 843. The average Bonchev–Trinajstić information content (AvgIpc) is 2.79. The van der Waals surface area contributed by atoms with Crippen molar-refractivity contribution in [2.24, 2.45) is 0 Å². The van der Waals surface area contributed by atoms with Crippen molar-refractivity contribution in [1.29, 1.82) is 0 Å². The van der Waals surface area contributed by atoms with Gasteiger partial charge in [0.15, 0.2) is 0 Å². The number of piperidine rings is 1. The smallest absolute Gasteiger partial charge is 0.385 e. The summed E-state index contributed by atoms with van der Waals surface area (Å²) in [6.07, 6.45) is -3.48. The van der Waals surface area contributed by atoms with Crippen LogP contribution in [-0.2, 0) is 11.8 Å². The number of benzene rings is 2. The molecule has 168 valence electrons. The van der Waals surface area contributed by atoms with Crippen LogP contribution in [0, 0.1) is 0 Å². The number of likely N-dealkylation sites (tertiary alicyclic amines) is 1. The van der Waals surface area contributed by atoms with Gasteiger partial charge in [-0.05, 0) is 42.7 Å². The molecule has 2 aromatic rings. The monoisotopic (exact) mass is 433 g/mol. The van der Waals surface area contributed by atoms with Gasteiger partial charge in [0, 0.05) is 58.0 Å². The van der Waals surface area contributed by atoms with Crippen molar-refractivity contribution in [3.63, 3.8) is 0 Å². The highest BCUT2D eigenvalue weighted by atomic mass is 19.4. The molecule has 0 aromatic heterocycles. The van der Waals surface area contributed by atoms with Gasteiger partial charge >= 0.3 is 6.18 Å². The molecular weight excluding hydrogens is 403 g/mol. The minimum absolute atomic E-state index is 0.374. The van der Waals surface area contributed by atoms with Gasteiger partial charge < -0.3 is 14.9 Å². The molecule has 0 radical (unpaired) electrons. The van der Waals surface area contributed by atoms with Crippen LogP contribution in [0.3, 0.4) is 0 Å². The number of hydrogen-bond donors (Lipinski definition) is 1. The summed E-state index contributed by atoms with van der Waals surface area (Å²) >= 11 is 0. The molecule has 2 saturated heterocycles. The van der Waals surface area contributed by atoms with Crippen LogP contribution >= 0.6 is 0 Å². The van der Waals surface area contributed by atoms with Gasteiger partial charge in [-0.2, -0.15) is 13.2 Å². The first-order valence-electron chi connectivity index (χ1n) is 11.0. The molecule has 0 saturated carbocycles. The molecule has 0 amide bonds. The molecule has 0 unspecified atom stereocenters. The van der Waals surface area contributed by atoms with Gasteiger partial charge in [-0.1, -0.05) is 30.3 Å². The Balaban J connectivity index is 1.24. The lowest BCUT2D eigenvalue weighted by Crippen LogP contribution is -2.50. The van der Waals surface area contributed by atoms with Crippen molar-refractivity contribution in [3.8, 4) is 0 Å². The van der Waals surface area contributed by atoms with Gasteiger partial charge in [0.2, 0.25) is 0 Å². The van der Waals surface area contributed by atoms with Gasteiger partial charge in [-0.25, -0.2) is 0 Å². The zero-order valence-electron chi connectivity index (χ0n) is 17.7. The highest BCUT2D eigenvalue weighted by Gasteiger charge is 2.37. The van der Waals surface area contributed by atoms with Gasteiger partial charge in [0.05, 0.1) is 11.2 Å². The third kappa shape index (κ3) is 5.40. The molecule has 0 spiro atoms. The van der Waals surface area contributed by atoms with E-state index in [2.05, 4.69) is 39.0 Å². The molecule has 4 rings (SSSR count). The number of hydrogen-bond acceptors (Lipinski definition) is 4. The van der Waals surface area contributed by atoms with Crippen LogP contribution in [0.4, 0.5) is 18.9 Å². The Labute approximate surface area is 181 Å². The van der Waals surface area contributed by atoms with E-state index in [9.17, 15) is 18.3 Å². The highest BCUT2D eigenvalue weighted by Crippen LogP contribution is 2.36. The molecule has 2 fully saturated rings. The van der Waals surface area contributed by atoms with E-state index in [0.717, 1.165) is 51.4 Å². The Kier molecular flexibility index (Phi) is 6.55. The largest absolute Gasteiger partial charge is 0.416 e. The number of halogens is 3. The molecule has 2 heterocycles. The first-order valence-corrected chi connectivity index (χ1v) is 11.0. The second-order valence-corrected chi connectivity index (χ2v) is 8.62. The summed E-state index contributed by atoms with van der Waals surface area (Å²) in [5.74, 6) is 0. The Morgan fingerprint density at radius 1 is 0.774 bits per heavy atom. The van der Waals surface area contributed by atoms with Crippen molar-refractivity contribution >= 4 is 5.69 Å². The predicted octanol–water partition coefficient (Wildman–Crippen LogP) is 3.81. The lowest BCUT2D eigenvalue weighted by atomic mass is 9.83. The third-order valence-corrected chi connectivity index (χ3v) is 6.64. The molecule has 31 heavy (non-hydrogen) atoms. The summed E-state index contributed by atoms with van der Waals surface area (Å²) in [7, 11) is 0. The summed E-state index contributed by atoms with van der Waals surface area (Å²) in [5.41, 5.74) is -0.236. The first kappa shape index (κ1) is 22.1. The summed E-state index contributed by atoms with van der Waals surface area (Å²) in [4.78, 5) is 7.19. The number of rotatable bonds is 5. The van der Waals surface area contributed by atoms with E-state index in [1.54, 1.807) is 6.07 Å². The van der Waals surface area contributed by atoms with E-state index in [1.165, 1.54) is 11.8 Å². The minimum atomic E-state index is -4.39. The van der Waals surface area contributed by atoms with Crippen LogP contribution in [0.5, 0.6) is 0 Å². The lowest BCUT2D eigenvalue weighted by molar-refractivity contribution is -0.137. The summed E-state index contributed by atoms with van der Waals surface area (Å²) in [5, 5.41) is 11.0. The number of alkyl halides is 3. The maximum absolute atomic E-state index is 13.0. The van der Waals surface area contributed by atoms with Crippen molar-refractivity contribution < 1.29 is 18.3 Å². The van der Waals surface area contributed by atoms with E-state index >= 15 is 0 Å². The van der Waals surface area contributed by atoms with Crippen molar-refractivity contribution in [2.45, 2.75) is 24.6 Å². The van der Waals surface area contributed by atoms with Crippen molar-refractivity contribution in [1.82, 2.24) is 9.80 Å². The molecular formula is C24H30F3N3O. The number of nitrogens with zero attached hydrogens (tertiary/aromatic N) is 3. The van der Waals surface area contributed by atoms with E-state index in [-0.39, 0.29) is 0 Å². The van der Waals surface area contributed by atoms with E-state index < -0.39 is 17.3 Å². The molecule has 0 bridgehead atoms. The first-order chi connectivity index (χ1) is 14.8. The summed E-state index contributed by atoms with van der Waals surface area (Å²) < 4.78 is 39.1. The molecule has 1 N–H and O–H groups in total. The van der Waals surface area contributed by atoms with E-state index in [4.69, 9.17) is 0 Å². The number of piperazine rings is 1. The van der Waals surface area contributed by atoms with Gasteiger partial charge in [0.1, 0.15) is 0 Å². The maximum Gasteiger partial charge on any atom is 0.416 e. The highest BCUT2D eigenvalue weighted by molar-refractivity contribution is 5.46. The Morgan fingerprint density at radius 2 is 1.39 bits per heavy atom. The van der Waals surface area contributed by atoms with Crippen LogP contribution in [0.25, 0.3) is 0 Å². The van der Waals surface area contributed by atoms with Gasteiger partial charge in [0.25, 0.3) is 0 Å². The van der Waals surface area contributed by atoms with Crippen LogP contribution in [-0.4, -0.2) is 67.3 Å². The van der Waals surface area contributed by atoms with Crippen LogP contribution in [0.15, 0.2) is 54.6 Å². The topological polar surface area (TPSA) is 30.0 Å². The Morgan fingerprint density at radius 3 is 2.00 bits per heavy atom. The molecule has 2 aliphatic rings. The van der Waals surface area contributed by atoms with E-state index in [0.29, 0.717) is 31.5 Å². The van der Waals surface area contributed by atoms with Crippen LogP contribution in [0.2, 0.25) is 0 Å². The normalized spacial score (nSPS) is 20.7. The fourth-order valence-electron chi connectivity index (χ4n) is 4.57. The van der Waals surface area contributed by atoms with Crippen molar-refractivity contribution in [2.75, 3.05) is 57.3 Å². The van der Waals surface area contributed by atoms with Crippen LogP contribution in [0.1, 0.15) is 24.0 Å². The fraction of sp³-hybridized carbons (Fsp3) is 0.500. The zero-order chi connectivity index (χ0) is 21.9. The molecule has 4 nitrogen and oxygen atoms in total. The standard InChI is InChI=1S/C24H30F3N3O/c25-24(26,27)21-6-4-5-20(19-21)23(31)9-11-28(12-10-23)13-14-29-15-17-30(18-16-29)22-7-2-1-3-8-22/h1-8,19,31H,9-18H2. The molecule has 2 aliphatic heterocycles. The van der Waals surface area contributed by atoms with Gasteiger partial charge in [-0.3, -0.25) is 4.90 Å².